The zero-order chi connectivity index (χ0) is 17.4. The minimum Gasteiger partial charge on any atom is -0.384 e. The number of allylic oxidation sites excluding steroid dienone is 1. The van der Waals surface area contributed by atoms with E-state index >= 15 is 0 Å². The van der Waals surface area contributed by atoms with Crippen LogP contribution in [0.1, 0.15) is 23.6 Å². The van der Waals surface area contributed by atoms with E-state index in [1.807, 2.05) is 20.0 Å². The third kappa shape index (κ3) is 2.72. The minimum absolute atomic E-state index is 0.214. The molecule has 2 heterocycles. The molecule has 1 aliphatic rings. The molecule has 3 aromatic rings. The van der Waals surface area contributed by atoms with Gasteiger partial charge < -0.3 is 15.6 Å². The molecule has 0 saturated carbocycles. The summed E-state index contributed by atoms with van der Waals surface area (Å²) < 4.78 is 14.1. The molecule has 0 unspecified atom stereocenters. The summed E-state index contributed by atoms with van der Waals surface area (Å²) in [6.45, 7) is 3.68. The molecule has 0 saturated heterocycles. The molecule has 0 amide bonds. The summed E-state index contributed by atoms with van der Waals surface area (Å²) in [7, 11) is 1.95. The summed E-state index contributed by atoms with van der Waals surface area (Å²) in [5, 5.41) is 7.73. The number of halogens is 1. The van der Waals surface area contributed by atoms with Crippen LogP contribution >= 0.6 is 0 Å². The van der Waals surface area contributed by atoms with E-state index in [0.29, 0.717) is 0 Å². The molecule has 0 bridgehead atoms. The lowest BCUT2D eigenvalue weighted by molar-refractivity contribution is 0.629. The number of aromatic nitrogens is 1. The van der Waals surface area contributed by atoms with Gasteiger partial charge in [-0.15, -0.1) is 0 Å². The van der Waals surface area contributed by atoms with Gasteiger partial charge in [-0.3, -0.25) is 0 Å². The summed E-state index contributed by atoms with van der Waals surface area (Å²) in [6.07, 6.45) is 2.92. The van der Waals surface area contributed by atoms with Crippen LogP contribution in [-0.2, 0) is 13.0 Å². The highest BCUT2D eigenvalue weighted by atomic mass is 19.1. The maximum Gasteiger partial charge on any atom is 0.125 e. The Morgan fingerprint density at radius 2 is 2.00 bits per heavy atom. The second-order valence-corrected chi connectivity index (χ2v) is 6.46. The van der Waals surface area contributed by atoms with Crippen molar-refractivity contribution in [1.82, 2.24) is 15.6 Å². The van der Waals surface area contributed by atoms with Crippen LogP contribution in [0.4, 0.5) is 4.39 Å². The highest BCUT2D eigenvalue weighted by Crippen LogP contribution is 2.37. The quantitative estimate of drug-likeness (QED) is 0.671. The topological polar surface area (TPSA) is 39.8 Å². The van der Waals surface area contributed by atoms with Crippen molar-refractivity contribution in [3.8, 4) is 11.3 Å². The Hall–Kier alpha value is -2.59. The highest BCUT2D eigenvalue weighted by Gasteiger charge is 2.21. The molecule has 0 radical (unpaired) electrons. The first-order valence-electron chi connectivity index (χ1n) is 8.70. The molecule has 3 N–H and O–H groups in total. The first-order valence-corrected chi connectivity index (χ1v) is 8.70. The molecule has 1 aliphatic heterocycles. The van der Waals surface area contributed by atoms with Crippen LogP contribution in [-0.4, -0.2) is 18.6 Å². The second-order valence-electron chi connectivity index (χ2n) is 6.46. The van der Waals surface area contributed by atoms with Gasteiger partial charge in [0, 0.05) is 40.9 Å². The predicted molar refractivity (Wildman–Crippen MR) is 102 cm³/mol. The van der Waals surface area contributed by atoms with Gasteiger partial charge in [0.15, 0.2) is 0 Å². The van der Waals surface area contributed by atoms with E-state index in [2.05, 4.69) is 39.9 Å². The lowest BCUT2D eigenvalue weighted by atomic mass is 9.99. The summed E-state index contributed by atoms with van der Waals surface area (Å²) in [4.78, 5) is 3.47. The molecule has 3 nitrogen and oxygen atoms in total. The molecule has 25 heavy (non-hydrogen) atoms. The van der Waals surface area contributed by atoms with Gasteiger partial charge in [-0.1, -0.05) is 30.3 Å². The summed E-state index contributed by atoms with van der Waals surface area (Å²) >= 11 is 0. The van der Waals surface area contributed by atoms with Gasteiger partial charge in [-0.2, -0.15) is 0 Å². The molecule has 0 fully saturated rings. The smallest absolute Gasteiger partial charge is 0.125 e. The number of rotatable bonds is 3. The van der Waals surface area contributed by atoms with Gasteiger partial charge >= 0.3 is 0 Å². The van der Waals surface area contributed by atoms with Gasteiger partial charge in [-0.25, -0.2) is 4.39 Å². The van der Waals surface area contributed by atoms with Crippen LogP contribution < -0.4 is 10.6 Å². The van der Waals surface area contributed by atoms with Crippen LogP contribution in [0.3, 0.4) is 0 Å². The number of aromatic amines is 1. The molecule has 0 atom stereocenters. The van der Waals surface area contributed by atoms with E-state index in [1.165, 1.54) is 11.1 Å². The van der Waals surface area contributed by atoms with E-state index in [0.717, 1.165) is 52.9 Å². The largest absolute Gasteiger partial charge is 0.384 e. The average Bonchev–Trinajstić information content (AvgIpc) is 2.86. The van der Waals surface area contributed by atoms with Crippen molar-refractivity contribution in [1.29, 1.82) is 0 Å². The number of hydrogen-bond acceptors (Lipinski definition) is 2. The van der Waals surface area contributed by atoms with E-state index in [9.17, 15) is 4.39 Å². The van der Waals surface area contributed by atoms with Crippen molar-refractivity contribution in [3.63, 3.8) is 0 Å². The Kier molecular flexibility index (Phi) is 4.06. The molecule has 4 rings (SSSR count). The van der Waals surface area contributed by atoms with Crippen LogP contribution in [0.5, 0.6) is 0 Å². The Labute approximate surface area is 147 Å². The molecule has 128 valence electrons. The third-order valence-electron chi connectivity index (χ3n) is 4.86. The Morgan fingerprint density at radius 1 is 1.20 bits per heavy atom. The van der Waals surface area contributed by atoms with Gasteiger partial charge in [0.25, 0.3) is 0 Å². The first-order chi connectivity index (χ1) is 12.2. The standard InChI is InChI=1S/C21H22FN3/c1-3-18-17-10-15(22)11-19-20(17)16(8-9-24-18)21(25-19)14-6-4-13(5-7-14)12-23-2/h3-7,10-11,23-25H,8-9,12H2,1-2H3/b18-3-. The molecular formula is C21H22FN3. The fourth-order valence-corrected chi connectivity index (χ4v) is 3.74. The lowest BCUT2D eigenvalue weighted by Gasteiger charge is -2.08. The van der Waals surface area contributed by atoms with Crippen molar-refractivity contribution in [2.24, 2.45) is 0 Å². The maximum atomic E-state index is 14.1. The first kappa shape index (κ1) is 15.9. The van der Waals surface area contributed by atoms with Gasteiger partial charge in [-0.05, 0) is 49.2 Å². The van der Waals surface area contributed by atoms with Crippen molar-refractivity contribution in [2.45, 2.75) is 19.9 Å². The average molecular weight is 335 g/mol. The normalized spacial score (nSPS) is 15.4. The zero-order valence-electron chi connectivity index (χ0n) is 14.5. The SMILES string of the molecule is C/C=C1\NCCc2c(-c3ccc(CNC)cc3)[nH]c3cc(F)cc1c23. The molecule has 1 aromatic heterocycles. The van der Waals surface area contributed by atoms with E-state index in [4.69, 9.17) is 0 Å². The fourth-order valence-electron chi connectivity index (χ4n) is 3.74. The lowest BCUT2D eigenvalue weighted by Crippen LogP contribution is -2.13. The number of hydrogen-bond donors (Lipinski definition) is 3. The predicted octanol–water partition coefficient (Wildman–Crippen LogP) is 4.20. The minimum atomic E-state index is -0.214. The van der Waals surface area contributed by atoms with Gasteiger partial charge in [0.2, 0.25) is 0 Å². The van der Waals surface area contributed by atoms with Gasteiger partial charge in [0.05, 0.1) is 0 Å². The van der Waals surface area contributed by atoms with Crippen LogP contribution in [0.15, 0.2) is 42.5 Å². The van der Waals surface area contributed by atoms with E-state index in [-0.39, 0.29) is 5.82 Å². The zero-order valence-corrected chi connectivity index (χ0v) is 14.5. The van der Waals surface area contributed by atoms with E-state index in [1.54, 1.807) is 12.1 Å². The van der Waals surface area contributed by atoms with Crippen molar-refractivity contribution in [3.05, 3.63) is 65.0 Å². The Morgan fingerprint density at radius 3 is 2.72 bits per heavy atom. The highest BCUT2D eigenvalue weighted by molar-refractivity contribution is 5.99. The van der Waals surface area contributed by atoms with Crippen LogP contribution in [0, 0.1) is 5.82 Å². The third-order valence-corrected chi connectivity index (χ3v) is 4.86. The molecule has 4 heteroatoms. The Balaban J connectivity index is 1.92. The van der Waals surface area contributed by atoms with Crippen molar-refractivity contribution < 1.29 is 4.39 Å². The molecule has 2 aromatic carbocycles. The summed E-state index contributed by atoms with van der Waals surface area (Å²) in [6, 6.07) is 11.8. The fraction of sp³-hybridized carbons (Fsp3) is 0.238. The monoisotopic (exact) mass is 335 g/mol. The van der Waals surface area contributed by atoms with Crippen molar-refractivity contribution >= 4 is 16.6 Å². The number of H-pyrrole nitrogens is 1. The van der Waals surface area contributed by atoms with E-state index < -0.39 is 0 Å². The van der Waals surface area contributed by atoms with Gasteiger partial charge in [0.1, 0.15) is 5.82 Å². The summed E-state index contributed by atoms with van der Waals surface area (Å²) in [5.74, 6) is -0.214. The molecule has 0 aliphatic carbocycles. The van der Waals surface area contributed by atoms with Crippen LogP contribution in [0.25, 0.3) is 27.9 Å². The molecule has 0 spiro atoms. The Bertz CT molecular complexity index is 951. The second kappa shape index (κ2) is 6.37. The maximum absolute atomic E-state index is 14.1. The number of benzene rings is 2. The molecular weight excluding hydrogens is 313 g/mol. The summed E-state index contributed by atoms with van der Waals surface area (Å²) in [5.41, 5.74) is 7.55. The van der Waals surface area contributed by atoms with Crippen LogP contribution in [0.2, 0.25) is 0 Å². The number of nitrogens with one attached hydrogen (secondary N) is 3. The van der Waals surface area contributed by atoms with Crippen molar-refractivity contribution in [2.75, 3.05) is 13.6 Å².